The first kappa shape index (κ1) is 13.5. The Kier molecular flexibility index (Phi) is 4.74. The summed E-state index contributed by atoms with van der Waals surface area (Å²) in [7, 11) is 1.97. The Morgan fingerprint density at radius 1 is 1.44 bits per heavy atom. The van der Waals surface area contributed by atoms with Gasteiger partial charge in [-0.2, -0.15) is 0 Å². The van der Waals surface area contributed by atoms with Crippen LogP contribution in [0.3, 0.4) is 0 Å². The summed E-state index contributed by atoms with van der Waals surface area (Å²) >= 11 is 3.53. The van der Waals surface area contributed by atoms with Crippen molar-refractivity contribution in [1.29, 1.82) is 0 Å². The maximum Gasteiger partial charge on any atom is 0.185 e. The van der Waals surface area contributed by atoms with Gasteiger partial charge in [0.1, 0.15) is 0 Å². The average molecular weight is 281 g/mol. The minimum atomic E-state index is 0.315. The fraction of sp³-hybridized carbons (Fsp3) is 0.462. The summed E-state index contributed by atoms with van der Waals surface area (Å²) in [6.07, 6.45) is 0. The molecule has 0 saturated heterocycles. The number of hydrogen-bond acceptors (Lipinski definition) is 5. The molecule has 1 atom stereocenters. The summed E-state index contributed by atoms with van der Waals surface area (Å²) in [6.45, 7) is 6.25. The molecule has 2 aromatic heterocycles. The fourth-order valence-corrected chi connectivity index (χ4v) is 3.38. The van der Waals surface area contributed by atoms with Crippen molar-refractivity contribution in [3.05, 3.63) is 33.5 Å². The molecule has 0 saturated carbocycles. The van der Waals surface area contributed by atoms with Gasteiger partial charge in [0.25, 0.3) is 0 Å². The van der Waals surface area contributed by atoms with Crippen LogP contribution in [0.2, 0.25) is 0 Å². The van der Waals surface area contributed by atoms with Gasteiger partial charge in [-0.15, -0.1) is 22.7 Å². The van der Waals surface area contributed by atoms with Crippen molar-refractivity contribution in [3.63, 3.8) is 0 Å². The van der Waals surface area contributed by atoms with Crippen molar-refractivity contribution in [2.75, 3.05) is 18.5 Å². The van der Waals surface area contributed by atoms with E-state index in [1.807, 2.05) is 7.05 Å². The van der Waals surface area contributed by atoms with Gasteiger partial charge in [-0.3, -0.25) is 0 Å². The third-order valence-corrected chi connectivity index (χ3v) is 4.75. The van der Waals surface area contributed by atoms with Crippen molar-refractivity contribution < 1.29 is 0 Å². The van der Waals surface area contributed by atoms with E-state index in [0.29, 0.717) is 6.04 Å². The zero-order valence-electron chi connectivity index (χ0n) is 11.0. The Hall–Kier alpha value is -0.910. The third-order valence-electron chi connectivity index (χ3n) is 2.97. The van der Waals surface area contributed by atoms with Crippen LogP contribution >= 0.6 is 22.7 Å². The molecule has 2 aromatic rings. The van der Waals surface area contributed by atoms with Crippen LogP contribution in [0.1, 0.15) is 30.5 Å². The Labute approximate surface area is 116 Å². The Morgan fingerprint density at radius 2 is 2.28 bits per heavy atom. The third kappa shape index (κ3) is 3.10. The Morgan fingerprint density at radius 3 is 2.89 bits per heavy atom. The molecule has 2 rings (SSSR count). The van der Waals surface area contributed by atoms with E-state index in [1.54, 1.807) is 22.7 Å². The van der Waals surface area contributed by atoms with Gasteiger partial charge in [0.2, 0.25) is 0 Å². The van der Waals surface area contributed by atoms with E-state index in [-0.39, 0.29) is 0 Å². The van der Waals surface area contributed by atoms with E-state index in [0.717, 1.165) is 23.9 Å². The molecule has 0 fully saturated rings. The molecule has 1 N–H and O–H groups in total. The van der Waals surface area contributed by atoms with E-state index < -0.39 is 0 Å². The number of thiophene rings is 1. The first-order chi connectivity index (χ1) is 8.74. The smallest absolute Gasteiger partial charge is 0.185 e. The molecule has 0 radical (unpaired) electrons. The quantitative estimate of drug-likeness (QED) is 0.878. The lowest BCUT2D eigenvalue weighted by Crippen LogP contribution is -2.21. The largest absolute Gasteiger partial charge is 0.343 e. The summed E-state index contributed by atoms with van der Waals surface area (Å²) in [6, 6.07) is 4.60. The molecule has 0 aromatic carbocycles. The maximum absolute atomic E-state index is 4.72. The SMILES string of the molecule is CCN(Cc1cccs1)c1nc(C(C)NC)cs1. The predicted molar refractivity (Wildman–Crippen MR) is 80.6 cm³/mol. The monoisotopic (exact) mass is 281 g/mol. The van der Waals surface area contributed by atoms with Gasteiger partial charge in [0.05, 0.1) is 12.2 Å². The average Bonchev–Trinajstić information content (AvgIpc) is 3.05. The van der Waals surface area contributed by atoms with Gasteiger partial charge in [0, 0.05) is 22.8 Å². The van der Waals surface area contributed by atoms with Crippen LogP contribution in [0.25, 0.3) is 0 Å². The van der Waals surface area contributed by atoms with E-state index in [2.05, 4.69) is 47.0 Å². The molecule has 98 valence electrons. The Balaban J connectivity index is 2.10. The number of anilines is 1. The van der Waals surface area contributed by atoms with Gasteiger partial charge in [-0.25, -0.2) is 4.98 Å². The van der Waals surface area contributed by atoms with Crippen LogP contribution < -0.4 is 10.2 Å². The highest BCUT2D eigenvalue weighted by Gasteiger charge is 2.13. The van der Waals surface area contributed by atoms with Crippen LogP contribution in [-0.2, 0) is 6.54 Å². The molecule has 2 heterocycles. The number of nitrogens with zero attached hydrogens (tertiary/aromatic N) is 2. The van der Waals surface area contributed by atoms with E-state index >= 15 is 0 Å². The molecule has 0 aliphatic heterocycles. The molecule has 0 aliphatic rings. The summed E-state index contributed by atoms with van der Waals surface area (Å²) in [5.41, 5.74) is 1.13. The highest BCUT2D eigenvalue weighted by atomic mass is 32.1. The van der Waals surface area contributed by atoms with Crippen LogP contribution in [0.15, 0.2) is 22.9 Å². The van der Waals surface area contributed by atoms with E-state index in [1.165, 1.54) is 4.88 Å². The zero-order valence-corrected chi connectivity index (χ0v) is 12.6. The zero-order chi connectivity index (χ0) is 13.0. The van der Waals surface area contributed by atoms with Gasteiger partial charge in [-0.1, -0.05) is 6.07 Å². The molecule has 0 aliphatic carbocycles. The molecule has 18 heavy (non-hydrogen) atoms. The topological polar surface area (TPSA) is 28.2 Å². The maximum atomic E-state index is 4.72. The second-order valence-corrected chi connectivity index (χ2v) is 6.03. The van der Waals surface area contributed by atoms with Crippen molar-refractivity contribution in [1.82, 2.24) is 10.3 Å². The van der Waals surface area contributed by atoms with Crippen molar-refractivity contribution >= 4 is 27.8 Å². The first-order valence-electron chi connectivity index (χ1n) is 6.14. The normalized spacial score (nSPS) is 12.6. The van der Waals surface area contributed by atoms with Crippen molar-refractivity contribution in [2.24, 2.45) is 0 Å². The van der Waals surface area contributed by atoms with Crippen molar-refractivity contribution in [2.45, 2.75) is 26.4 Å². The van der Waals surface area contributed by atoms with Gasteiger partial charge >= 0.3 is 0 Å². The summed E-state index contributed by atoms with van der Waals surface area (Å²) in [4.78, 5) is 8.43. The number of aromatic nitrogens is 1. The minimum Gasteiger partial charge on any atom is -0.343 e. The predicted octanol–water partition coefficient (Wildman–Crippen LogP) is 3.51. The summed E-state index contributed by atoms with van der Waals surface area (Å²) < 4.78 is 0. The highest BCUT2D eigenvalue weighted by Crippen LogP contribution is 2.26. The number of nitrogens with one attached hydrogen (secondary N) is 1. The van der Waals surface area contributed by atoms with Crippen LogP contribution in [0.5, 0.6) is 0 Å². The molecule has 0 spiro atoms. The Bertz CT molecular complexity index is 464. The fourth-order valence-electron chi connectivity index (χ4n) is 1.67. The second-order valence-electron chi connectivity index (χ2n) is 4.16. The molecule has 3 nitrogen and oxygen atoms in total. The van der Waals surface area contributed by atoms with Crippen LogP contribution in [0, 0.1) is 0 Å². The van der Waals surface area contributed by atoms with E-state index in [9.17, 15) is 0 Å². The van der Waals surface area contributed by atoms with Crippen molar-refractivity contribution in [3.8, 4) is 0 Å². The summed E-state index contributed by atoms with van der Waals surface area (Å²) in [5.74, 6) is 0. The number of hydrogen-bond donors (Lipinski definition) is 1. The van der Waals surface area contributed by atoms with Crippen LogP contribution in [-0.4, -0.2) is 18.6 Å². The molecule has 5 heteroatoms. The molecular formula is C13H19N3S2. The van der Waals surface area contributed by atoms with E-state index in [4.69, 9.17) is 4.98 Å². The summed E-state index contributed by atoms with van der Waals surface area (Å²) in [5, 5.41) is 8.61. The molecule has 1 unspecified atom stereocenters. The number of rotatable bonds is 6. The van der Waals surface area contributed by atoms with Gasteiger partial charge < -0.3 is 10.2 Å². The van der Waals surface area contributed by atoms with Crippen LogP contribution in [0.4, 0.5) is 5.13 Å². The highest BCUT2D eigenvalue weighted by molar-refractivity contribution is 7.13. The second kappa shape index (κ2) is 6.31. The molecular weight excluding hydrogens is 262 g/mol. The minimum absolute atomic E-state index is 0.315. The lowest BCUT2D eigenvalue weighted by molar-refractivity contribution is 0.635. The lowest BCUT2D eigenvalue weighted by Gasteiger charge is -2.18. The first-order valence-corrected chi connectivity index (χ1v) is 7.90. The molecule has 0 amide bonds. The molecule has 0 bridgehead atoms. The van der Waals surface area contributed by atoms with Gasteiger partial charge in [-0.05, 0) is 32.3 Å². The van der Waals surface area contributed by atoms with Gasteiger partial charge in [0.15, 0.2) is 5.13 Å². The standard InChI is InChI=1S/C13H19N3S2/c1-4-16(8-11-6-5-7-17-11)13-15-12(9-18-13)10(2)14-3/h5-7,9-10,14H,4,8H2,1-3H3. The number of thiazole rings is 1. The lowest BCUT2D eigenvalue weighted by atomic mass is 10.3.